The summed E-state index contributed by atoms with van der Waals surface area (Å²) in [5.74, 6) is -0.304. The summed E-state index contributed by atoms with van der Waals surface area (Å²) in [4.78, 5) is 26.2. The lowest BCUT2D eigenvalue weighted by Crippen LogP contribution is -2.65. The predicted octanol–water partition coefficient (Wildman–Crippen LogP) is 0.564. The molecule has 2 heterocycles. The molecule has 2 N–H and O–H groups in total. The van der Waals surface area contributed by atoms with Crippen molar-refractivity contribution in [3.8, 4) is 0 Å². The maximum Gasteiger partial charge on any atom is 0.258 e. The number of ether oxygens (including phenoxy) is 1. The van der Waals surface area contributed by atoms with Crippen LogP contribution in [0, 0.1) is 0 Å². The van der Waals surface area contributed by atoms with Crippen molar-refractivity contribution in [3.05, 3.63) is 0 Å². The minimum atomic E-state index is -0.433. The van der Waals surface area contributed by atoms with Crippen LogP contribution in [0.15, 0.2) is 0 Å². The highest BCUT2D eigenvalue weighted by molar-refractivity contribution is 6.03. The van der Waals surface area contributed by atoms with Gasteiger partial charge in [-0.25, -0.2) is 0 Å². The Morgan fingerprint density at radius 1 is 1.11 bits per heavy atom. The molecule has 0 aromatic carbocycles. The number of carbonyl (C=O) groups is 2. The van der Waals surface area contributed by atoms with Gasteiger partial charge in [0.05, 0.1) is 5.54 Å². The average Bonchev–Trinajstić information content (AvgIpc) is 2.85. The molecule has 3 rings (SSSR count). The smallest absolute Gasteiger partial charge is 0.258 e. The molecule has 0 radical (unpaired) electrons. The van der Waals surface area contributed by atoms with E-state index in [-0.39, 0.29) is 11.8 Å². The molecule has 3 fully saturated rings. The Morgan fingerprint density at radius 2 is 1.67 bits per heavy atom. The fourth-order valence-electron chi connectivity index (χ4n) is 3.59. The van der Waals surface area contributed by atoms with E-state index in [0.717, 1.165) is 25.7 Å². The molecule has 2 saturated heterocycles. The summed E-state index contributed by atoms with van der Waals surface area (Å²) in [5, 5.41) is 0. The number of fused-ring (bicyclic) bond motifs is 2. The Hall–Kier alpha value is -0.940. The number of carbonyl (C=O) groups excluding carboxylic acids is 2. The number of amides is 2. The quantitative estimate of drug-likeness (QED) is 0.729. The zero-order valence-electron chi connectivity index (χ0n) is 10.6. The van der Waals surface area contributed by atoms with E-state index in [9.17, 15) is 9.59 Å². The highest BCUT2D eigenvalue weighted by atomic mass is 16.5. The molecule has 1 aliphatic carbocycles. The van der Waals surface area contributed by atoms with Crippen molar-refractivity contribution in [1.29, 1.82) is 0 Å². The van der Waals surface area contributed by atoms with Gasteiger partial charge in [-0.2, -0.15) is 0 Å². The highest BCUT2D eigenvalue weighted by Crippen LogP contribution is 2.39. The van der Waals surface area contributed by atoms with Crippen molar-refractivity contribution in [2.75, 3.05) is 6.54 Å². The van der Waals surface area contributed by atoms with Crippen molar-refractivity contribution in [2.45, 2.75) is 62.7 Å². The predicted molar refractivity (Wildman–Crippen MR) is 64.6 cm³/mol. The topological polar surface area (TPSA) is 72.6 Å². The fourth-order valence-corrected chi connectivity index (χ4v) is 3.59. The Balaban J connectivity index is 1.93. The van der Waals surface area contributed by atoms with E-state index < -0.39 is 17.7 Å². The molecule has 0 spiro atoms. The normalized spacial score (nSPS) is 35.1. The second-order valence-electron chi connectivity index (χ2n) is 5.69. The first-order valence-corrected chi connectivity index (χ1v) is 6.91. The minimum Gasteiger partial charge on any atom is -0.355 e. The van der Waals surface area contributed by atoms with Gasteiger partial charge in [0.2, 0.25) is 0 Å². The number of hydrogen-bond donors (Lipinski definition) is 1. The van der Waals surface area contributed by atoms with Crippen LogP contribution in [0.25, 0.3) is 0 Å². The Kier molecular flexibility index (Phi) is 2.90. The first kappa shape index (κ1) is 12.1. The average molecular weight is 252 g/mol. The van der Waals surface area contributed by atoms with Crippen molar-refractivity contribution < 1.29 is 14.3 Å². The van der Waals surface area contributed by atoms with Gasteiger partial charge in [-0.05, 0) is 25.7 Å². The summed E-state index contributed by atoms with van der Waals surface area (Å²) in [6.45, 7) is 0.379. The van der Waals surface area contributed by atoms with Gasteiger partial charge in [0.25, 0.3) is 11.8 Å². The third-order valence-electron chi connectivity index (χ3n) is 4.65. The first-order chi connectivity index (χ1) is 8.68. The Bertz CT molecular complexity index is 354. The number of nitrogens with zero attached hydrogens (tertiary/aromatic N) is 1. The fraction of sp³-hybridized carbons (Fsp3) is 0.846. The zero-order chi connectivity index (χ0) is 12.8. The van der Waals surface area contributed by atoms with E-state index in [4.69, 9.17) is 10.5 Å². The molecule has 2 amide bonds. The molecule has 2 unspecified atom stereocenters. The summed E-state index contributed by atoms with van der Waals surface area (Å²) in [7, 11) is 0. The molecule has 2 aliphatic heterocycles. The minimum absolute atomic E-state index is 0.152. The number of morpholine rings is 1. The summed E-state index contributed by atoms with van der Waals surface area (Å²) < 4.78 is 5.45. The van der Waals surface area contributed by atoms with Crippen LogP contribution in [0.3, 0.4) is 0 Å². The summed E-state index contributed by atoms with van der Waals surface area (Å²) >= 11 is 0. The van der Waals surface area contributed by atoms with Crippen LogP contribution in [-0.4, -0.2) is 41.0 Å². The van der Waals surface area contributed by atoms with Crippen molar-refractivity contribution in [3.63, 3.8) is 0 Å². The molecule has 2 atom stereocenters. The van der Waals surface area contributed by atoms with Crippen molar-refractivity contribution >= 4 is 11.8 Å². The van der Waals surface area contributed by atoms with Crippen LogP contribution >= 0.6 is 0 Å². The van der Waals surface area contributed by atoms with Gasteiger partial charge >= 0.3 is 0 Å². The lowest BCUT2D eigenvalue weighted by molar-refractivity contribution is -0.178. The van der Waals surface area contributed by atoms with Crippen LogP contribution in [0.5, 0.6) is 0 Å². The summed E-state index contributed by atoms with van der Waals surface area (Å²) in [6, 6.07) is 0. The van der Waals surface area contributed by atoms with Gasteiger partial charge in [0.15, 0.2) is 0 Å². The molecule has 2 bridgehead atoms. The van der Waals surface area contributed by atoms with Crippen LogP contribution in [0.1, 0.15) is 44.9 Å². The standard InChI is InChI=1S/C13H20N2O3/c14-8-13(6-2-1-3-7-13)15-11(16)9-4-5-10(18-9)12(15)17/h9-10H,1-8,14H2. The van der Waals surface area contributed by atoms with Crippen LogP contribution < -0.4 is 5.73 Å². The molecule has 3 aliphatic rings. The van der Waals surface area contributed by atoms with E-state index >= 15 is 0 Å². The SMILES string of the molecule is NCC1(N2C(=O)C3CCC(O3)C2=O)CCCCC1. The molecule has 5 heteroatoms. The van der Waals surface area contributed by atoms with Gasteiger partial charge in [-0.3, -0.25) is 14.5 Å². The first-order valence-electron chi connectivity index (χ1n) is 6.91. The van der Waals surface area contributed by atoms with E-state index in [1.54, 1.807) is 0 Å². The molecule has 0 aromatic heterocycles. The van der Waals surface area contributed by atoms with E-state index in [2.05, 4.69) is 0 Å². The maximum atomic E-state index is 12.4. The number of nitrogens with two attached hydrogens (primary N) is 1. The molecular weight excluding hydrogens is 232 g/mol. The lowest BCUT2D eigenvalue weighted by Gasteiger charge is -2.47. The van der Waals surface area contributed by atoms with Crippen molar-refractivity contribution in [2.24, 2.45) is 5.73 Å². The molecule has 1 saturated carbocycles. The zero-order valence-corrected chi connectivity index (χ0v) is 10.6. The monoisotopic (exact) mass is 252 g/mol. The third-order valence-corrected chi connectivity index (χ3v) is 4.65. The maximum absolute atomic E-state index is 12.4. The molecular formula is C13H20N2O3. The van der Waals surface area contributed by atoms with Gasteiger partial charge in [0, 0.05) is 6.54 Å². The molecule has 18 heavy (non-hydrogen) atoms. The number of imide groups is 1. The lowest BCUT2D eigenvalue weighted by atomic mass is 9.79. The number of rotatable bonds is 2. The third kappa shape index (κ3) is 1.61. The second-order valence-corrected chi connectivity index (χ2v) is 5.69. The second kappa shape index (κ2) is 4.31. The van der Waals surface area contributed by atoms with E-state index in [1.165, 1.54) is 11.3 Å². The van der Waals surface area contributed by atoms with Crippen LogP contribution in [-0.2, 0) is 14.3 Å². The molecule has 0 aromatic rings. The number of likely N-dealkylation sites (tertiary alicyclic amines) is 1. The van der Waals surface area contributed by atoms with Gasteiger partial charge in [-0.15, -0.1) is 0 Å². The molecule has 100 valence electrons. The van der Waals surface area contributed by atoms with Crippen LogP contribution in [0.2, 0.25) is 0 Å². The van der Waals surface area contributed by atoms with Crippen molar-refractivity contribution in [1.82, 2.24) is 4.90 Å². The van der Waals surface area contributed by atoms with Gasteiger partial charge < -0.3 is 10.5 Å². The summed E-state index contributed by atoms with van der Waals surface area (Å²) in [6.07, 6.45) is 5.49. The van der Waals surface area contributed by atoms with E-state index in [1.807, 2.05) is 0 Å². The molecule has 5 nitrogen and oxygen atoms in total. The van der Waals surface area contributed by atoms with E-state index in [0.29, 0.717) is 19.4 Å². The van der Waals surface area contributed by atoms with Gasteiger partial charge in [-0.1, -0.05) is 19.3 Å². The van der Waals surface area contributed by atoms with Crippen LogP contribution in [0.4, 0.5) is 0 Å². The van der Waals surface area contributed by atoms with Gasteiger partial charge in [0.1, 0.15) is 12.2 Å². The Morgan fingerprint density at radius 3 is 2.17 bits per heavy atom. The number of hydrogen-bond acceptors (Lipinski definition) is 4. The largest absolute Gasteiger partial charge is 0.355 e. The highest BCUT2D eigenvalue weighted by Gasteiger charge is 2.53. The Labute approximate surface area is 107 Å². The summed E-state index contributed by atoms with van der Waals surface area (Å²) in [5.41, 5.74) is 5.48.